The number of thiazole rings is 1. The van der Waals surface area contributed by atoms with Gasteiger partial charge >= 0.3 is 0 Å². The van der Waals surface area contributed by atoms with Crippen molar-refractivity contribution in [2.24, 2.45) is 0 Å². The van der Waals surface area contributed by atoms with E-state index < -0.39 is 0 Å². The number of aromatic nitrogens is 2. The van der Waals surface area contributed by atoms with Crippen LogP contribution in [0.25, 0.3) is 11.1 Å². The third-order valence-electron chi connectivity index (χ3n) is 4.66. The molecule has 0 aliphatic carbocycles. The summed E-state index contributed by atoms with van der Waals surface area (Å²) in [4.78, 5) is 16.4. The molecule has 0 atom stereocenters. The van der Waals surface area contributed by atoms with Crippen molar-refractivity contribution in [3.8, 4) is 0 Å². The number of rotatable bonds is 0. The van der Waals surface area contributed by atoms with E-state index in [9.17, 15) is 4.79 Å². The van der Waals surface area contributed by atoms with Crippen molar-refractivity contribution in [1.82, 2.24) is 4.57 Å². The summed E-state index contributed by atoms with van der Waals surface area (Å²) >= 11 is 3.28. The highest BCUT2D eigenvalue weighted by atomic mass is 35.5. The van der Waals surface area contributed by atoms with Gasteiger partial charge in [0.25, 0.3) is 5.56 Å². The third-order valence-corrected chi connectivity index (χ3v) is 7.14. The lowest BCUT2D eigenvalue weighted by Crippen LogP contribution is -3.00. The topological polar surface area (TPSA) is 29.1 Å². The summed E-state index contributed by atoms with van der Waals surface area (Å²) in [6.07, 6.45) is 4.19. The number of nitrogens with zero attached hydrogens (tertiary/aromatic N) is 3. The van der Waals surface area contributed by atoms with Crippen molar-refractivity contribution in [2.75, 3.05) is 11.9 Å². The quantitative estimate of drug-likeness (QED) is 0.423. The number of halogens is 1. The zero-order chi connectivity index (χ0) is 17.0. The molecule has 4 heterocycles. The van der Waals surface area contributed by atoms with E-state index in [1.54, 1.807) is 23.1 Å². The van der Waals surface area contributed by atoms with Crippen LogP contribution >= 0.6 is 23.1 Å². The van der Waals surface area contributed by atoms with Crippen LogP contribution in [-0.2, 0) is 13.1 Å². The number of para-hydroxylation sites is 1. The largest absolute Gasteiger partial charge is 1.00 e. The second-order valence-corrected chi connectivity index (χ2v) is 8.18. The summed E-state index contributed by atoms with van der Waals surface area (Å²) in [6.45, 7) is 1.52. The molecule has 0 radical (unpaired) electrons. The molecule has 2 aliphatic rings. The van der Waals surface area contributed by atoms with E-state index in [-0.39, 0.29) is 18.0 Å². The molecule has 3 aromatic rings. The molecule has 0 bridgehead atoms. The molecule has 0 N–H and O–H groups in total. The van der Waals surface area contributed by atoms with Crippen LogP contribution in [0.15, 0.2) is 58.4 Å². The summed E-state index contributed by atoms with van der Waals surface area (Å²) < 4.78 is 5.96. The molecule has 5 rings (SSSR count). The van der Waals surface area contributed by atoms with Gasteiger partial charge in [0.05, 0.1) is 12.2 Å². The molecule has 0 saturated carbocycles. The van der Waals surface area contributed by atoms with Gasteiger partial charge in [-0.1, -0.05) is 23.9 Å². The Labute approximate surface area is 165 Å². The molecule has 0 fully saturated rings. The fourth-order valence-electron chi connectivity index (χ4n) is 3.34. The summed E-state index contributed by atoms with van der Waals surface area (Å²) in [5, 5.41) is 1.03. The first-order valence-corrected chi connectivity index (χ1v) is 9.80. The highest BCUT2D eigenvalue weighted by Gasteiger charge is 2.25. The predicted octanol–water partition coefficient (Wildman–Crippen LogP) is -1.65. The molecule has 7 heteroatoms. The Morgan fingerprint density at radius 2 is 1.92 bits per heavy atom. The van der Waals surface area contributed by atoms with Gasteiger partial charge in [-0.3, -0.25) is 9.36 Å². The molecule has 1 aromatic carbocycles. The van der Waals surface area contributed by atoms with Crippen LogP contribution in [0.1, 0.15) is 5.69 Å². The Morgan fingerprint density at radius 3 is 2.77 bits per heavy atom. The normalized spacial score (nSPS) is 16.7. The van der Waals surface area contributed by atoms with E-state index >= 15 is 0 Å². The Kier molecular flexibility index (Phi) is 4.42. The standard InChI is InChI=1S/C19H16N3OS2.ClH/c1-20-14-7-2-3-8-15(14)24-19(20)17-18(23)22-11-10-21-9-5-4-6-13(21)12-16(22)25-17;/h2-9,12H,10-11H2,1H3;1H/q+1;/p-1/b19-17+;. The van der Waals surface area contributed by atoms with Crippen molar-refractivity contribution < 1.29 is 17.0 Å². The van der Waals surface area contributed by atoms with Gasteiger partial charge in [0, 0.05) is 30.2 Å². The second-order valence-electron chi connectivity index (χ2n) is 6.12. The van der Waals surface area contributed by atoms with Gasteiger partial charge in [-0.05, 0) is 18.2 Å². The lowest BCUT2D eigenvalue weighted by Gasteiger charge is -2.11. The van der Waals surface area contributed by atoms with E-state index in [0.717, 1.165) is 26.5 Å². The molecular weight excluding hydrogens is 386 g/mol. The number of hydrogen-bond donors (Lipinski definition) is 0. The van der Waals surface area contributed by atoms with E-state index in [1.807, 2.05) is 35.9 Å². The molecule has 4 nitrogen and oxygen atoms in total. The maximum Gasteiger partial charge on any atom is 0.271 e. The second kappa shape index (κ2) is 6.61. The van der Waals surface area contributed by atoms with Crippen LogP contribution in [0.3, 0.4) is 0 Å². The van der Waals surface area contributed by atoms with Gasteiger partial charge in [0.2, 0.25) is 5.69 Å². The fourth-order valence-corrected chi connectivity index (χ4v) is 5.76. The van der Waals surface area contributed by atoms with Gasteiger partial charge in [0.15, 0.2) is 12.7 Å². The Bertz CT molecular complexity index is 1180. The molecular formula is C19H16ClN3OS2. The summed E-state index contributed by atoms with van der Waals surface area (Å²) in [6, 6.07) is 14.5. The zero-order valence-corrected chi connectivity index (χ0v) is 16.4. The maximum absolute atomic E-state index is 13.1. The lowest BCUT2D eigenvalue weighted by atomic mass is 10.3. The molecule has 0 saturated heterocycles. The predicted molar refractivity (Wildman–Crippen MR) is 102 cm³/mol. The summed E-state index contributed by atoms with van der Waals surface area (Å²) in [5.74, 6) is 0. The zero-order valence-electron chi connectivity index (χ0n) is 14.1. The Hall–Kier alpha value is -2.02. The average Bonchev–Trinajstić information content (AvgIpc) is 3.04. The minimum Gasteiger partial charge on any atom is -1.00 e. The minimum atomic E-state index is 0. The first-order chi connectivity index (χ1) is 12.2. The minimum absolute atomic E-state index is 0. The number of thioether (sulfide) groups is 1. The molecule has 132 valence electrons. The summed E-state index contributed by atoms with van der Waals surface area (Å²) in [7, 11) is 2.04. The van der Waals surface area contributed by atoms with Gasteiger partial charge in [-0.2, -0.15) is 4.57 Å². The molecule has 0 spiro atoms. The van der Waals surface area contributed by atoms with Gasteiger partial charge in [-0.15, -0.1) is 11.3 Å². The number of aryl methyl sites for hydroxylation is 1. The van der Waals surface area contributed by atoms with Crippen molar-refractivity contribution in [1.29, 1.82) is 0 Å². The van der Waals surface area contributed by atoms with Crippen molar-refractivity contribution in [3.63, 3.8) is 0 Å². The number of fused-ring (bicyclic) bond motifs is 3. The number of benzene rings is 1. The van der Waals surface area contributed by atoms with Crippen LogP contribution < -0.4 is 36.6 Å². The molecule has 26 heavy (non-hydrogen) atoms. The van der Waals surface area contributed by atoms with E-state index in [4.69, 9.17) is 0 Å². The Morgan fingerprint density at radius 1 is 1.12 bits per heavy atom. The van der Waals surface area contributed by atoms with Gasteiger partial charge < -0.3 is 17.3 Å². The molecule has 0 amide bonds. The highest BCUT2D eigenvalue weighted by molar-refractivity contribution is 8.08. The first kappa shape index (κ1) is 17.4. The number of pyridine rings is 1. The highest BCUT2D eigenvalue weighted by Crippen LogP contribution is 2.44. The SMILES string of the molecule is CN1/C(=c2\sc3n(c2=O)CC[n+]2ccccc2C=3)Sc2ccccc21.[Cl-]. The van der Waals surface area contributed by atoms with Crippen molar-refractivity contribution in [2.45, 2.75) is 18.0 Å². The monoisotopic (exact) mass is 401 g/mol. The summed E-state index contributed by atoms with van der Waals surface area (Å²) in [5.41, 5.74) is 2.43. The van der Waals surface area contributed by atoms with Crippen LogP contribution in [0, 0.1) is 0 Å². The van der Waals surface area contributed by atoms with Crippen LogP contribution in [0.2, 0.25) is 0 Å². The van der Waals surface area contributed by atoms with Crippen molar-refractivity contribution in [3.05, 3.63) is 73.9 Å². The maximum atomic E-state index is 13.1. The average molecular weight is 402 g/mol. The van der Waals surface area contributed by atoms with Gasteiger partial charge in [-0.25, -0.2) is 0 Å². The lowest BCUT2D eigenvalue weighted by molar-refractivity contribution is -0.699. The van der Waals surface area contributed by atoms with Crippen LogP contribution in [-0.4, -0.2) is 11.6 Å². The van der Waals surface area contributed by atoms with Crippen LogP contribution in [0.5, 0.6) is 0 Å². The molecule has 2 aliphatic heterocycles. The van der Waals surface area contributed by atoms with Gasteiger partial charge in [0.1, 0.15) is 14.2 Å². The molecule has 0 unspecified atom stereocenters. The number of hydrogen-bond acceptors (Lipinski definition) is 4. The smallest absolute Gasteiger partial charge is 0.271 e. The number of anilines is 1. The molecule has 2 aromatic heterocycles. The fraction of sp³-hybridized carbons (Fsp3) is 0.158. The third kappa shape index (κ3) is 2.60. The van der Waals surface area contributed by atoms with E-state index in [2.05, 4.69) is 39.9 Å². The van der Waals surface area contributed by atoms with Crippen LogP contribution in [0.4, 0.5) is 5.69 Å². The van der Waals surface area contributed by atoms with Crippen molar-refractivity contribution >= 4 is 39.9 Å². The van der Waals surface area contributed by atoms with E-state index in [1.165, 1.54) is 10.6 Å². The van der Waals surface area contributed by atoms with E-state index in [0.29, 0.717) is 6.54 Å². The Balaban J connectivity index is 0.00000168. The first-order valence-electron chi connectivity index (χ1n) is 8.17.